The summed E-state index contributed by atoms with van der Waals surface area (Å²) in [5.74, 6) is 0.849. The number of hydrogen-bond acceptors (Lipinski definition) is 2. The molecule has 0 N–H and O–H groups in total. The van der Waals surface area contributed by atoms with Crippen LogP contribution in [-0.2, 0) is 9.22 Å². The first-order valence-electron chi connectivity index (χ1n) is 9.57. The van der Waals surface area contributed by atoms with Gasteiger partial charge in [-0.25, -0.2) is 0 Å². The number of Topliss-reactive ketones (excluding diaryl/α,β-unsaturated/α-hetero) is 1. The maximum atomic E-state index is 12.8. The Balaban J connectivity index is 1.83. The van der Waals surface area contributed by atoms with Crippen LogP contribution >= 0.6 is 0 Å². The summed E-state index contributed by atoms with van der Waals surface area (Å²) < 4.78 is 7.25. The lowest BCUT2D eigenvalue weighted by molar-refractivity contribution is -0.209. The molecule has 5 atom stereocenters. The topological polar surface area (TPSA) is 26.3 Å². The van der Waals surface area contributed by atoms with Crippen molar-refractivity contribution in [1.29, 1.82) is 0 Å². The van der Waals surface area contributed by atoms with Gasteiger partial charge in [0.25, 0.3) is 0 Å². The highest BCUT2D eigenvalue weighted by atomic mass is 28.4. The van der Waals surface area contributed by atoms with Crippen LogP contribution in [0.1, 0.15) is 73.1 Å². The van der Waals surface area contributed by atoms with E-state index in [1.807, 2.05) is 0 Å². The second-order valence-corrected chi connectivity index (χ2v) is 15.9. The summed E-state index contributed by atoms with van der Waals surface area (Å²) in [6, 6.07) is 0. The lowest BCUT2D eigenvalue weighted by Crippen LogP contribution is -2.67. The Labute approximate surface area is 142 Å². The van der Waals surface area contributed by atoms with Crippen molar-refractivity contribution in [3.8, 4) is 0 Å². The first-order valence-corrected chi connectivity index (χ1v) is 12.5. The van der Waals surface area contributed by atoms with E-state index in [9.17, 15) is 4.79 Å². The maximum Gasteiger partial charge on any atom is 0.192 e. The first-order chi connectivity index (χ1) is 10.3. The molecule has 0 bridgehead atoms. The molecular weight excluding hydrogens is 300 g/mol. The normalized spacial score (nSPS) is 51.6. The molecule has 1 spiro atoms. The molecule has 2 nitrogen and oxygen atoms in total. The van der Waals surface area contributed by atoms with E-state index >= 15 is 0 Å². The molecule has 4 aliphatic carbocycles. The Hall–Kier alpha value is -0.153. The lowest BCUT2D eigenvalue weighted by Gasteiger charge is -2.65. The highest BCUT2D eigenvalue weighted by Gasteiger charge is 2.87. The van der Waals surface area contributed by atoms with Gasteiger partial charge in [-0.05, 0) is 61.1 Å². The van der Waals surface area contributed by atoms with E-state index in [1.54, 1.807) is 0 Å². The maximum absolute atomic E-state index is 12.8. The molecule has 1 unspecified atom stereocenters. The van der Waals surface area contributed by atoms with Crippen LogP contribution < -0.4 is 0 Å². The van der Waals surface area contributed by atoms with Crippen LogP contribution in [0.4, 0.5) is 0 Å². The average Bonchev–Trinajstić information content (AvgIpc) is 2.80. The SMILES string of the molecule is CC(C)(C)[Si](C)(C)O[C@]12CC[C@]3(C)CC(=O)[C@@H]4C[C@@](C)(CC1)C432. The minimum atomic E-state index is -1.84. The second kappa shape index (κ2) is 3.98. The molecule has 0 amide bonds. The minimum Gasteiger partial charge on any atom is -0.411 e. The molecule has 23 heavy (non-hydrogen) atoms. The summed E-state index contributed by atoms with van der Waals surface area (Å²) in [4.78, 5) is 12.8. The van der Waals surface area contributed by atoms with Crippen LogP contribution in [-0.4, -0.2) is 19.7 Å². The zero-order valence-corrected chi connectivity index (χ0v) is 17.1. The monoisotopic (exact) mass is 334 g/mol. The quantitative estimate of drug-likeness (QED) is 0.638. The highest BCUT2D eigenvalue weighted by molar-refractivity contribution is 6.74. The Bertz CT molecular complexity index is 587. The molecule has 0 heterocycles. The third kappa shape index (κ3) is 1.50. The standard InChI is InChI=1S/C20H34O2Si/c1-16(2,3)23(6,7)22-19-10-8-17(4)12-14-15(21)13-18(5,9-11-19)20(14,17)19/h14H,8-13H2,1-7H3/t14-,17+,18+,19-,20?/m0/s1. The van der Waals surface area contributed by atoms with Crippen molar-refractivity contribution in [1.82, 2.24) is 0 Å². The molecule has 0 aromatic rings. The number of ketones is 1. The Morgan fingerprint density at radius 2 is 1.61 bits per heavy atom. The van der Waals surface area contributed by atoms with Crippen molar-refractivity contribution < 1.29 is 9.22 Å². The van der Waals surface area contributed by atoms with E-state index in [2.05, 4.69) is 47.7 Å². The van der Waals surface area contributed by atoms with Crippen molar-refractivity contribution in [2.75, 3.05) is 0 Å². The molecule has 4 aliphatic rings. The summed E-state index contributed by atoms with van der Waals surface area (Å²) in [7, 11) is -1.84. The predicted octanol–water partition coefficient (Wildman–Crippen LogP) is 5.33. The smallest absolute Gasteiger partial charge is 0.192 e. The van der Waals surface area contributed by atoms with Gasteiger partial charge < -0.3 is 4.43 Å². The van der Waals surface area contributed by atoms with Crippen LogP contribution in [0.3, 0.4) is 0 Å². The van der Waals surface area contributed by atoms with Crippen molar-refractivity contribution in [3.63, 3.8) is 0 Å². The zero-order valence-electron chi connectivity index (χ0n) is 16.1. The molecular formula is C20H34O2Si. The van der Waals surface area contributed by atoms with Gasteiger partial charge in [0, 0.05) is 17.8 Å². The summed E-state index contributed by atoms with van der Waals surface area (Å²) in [6.07, 6.45) is 6.78. The number of rotatable bonds is 2. The van der Waals surface area contributed by atoms with Gasteiger partial charge in [0.1, 0.15) is 5.78 Å². The van der Waals surface area contributed by atoms with Gasteiger partial charge in [0.05, 0.1) is 5.60 Å². The zero-order chi connectivity index (χ0) is 17.1. The van der Waals surface area contributed by atoms with Crippen molar-refractivity contribution in [3.05, 3.63) is 0 Å². The summed E-state index contributed by atoms with van der Waals surface area (Å²) in [6.45, 7) is 16.7. The van der Waals surface area contributed by atoms with Gasteiger partial charge in [0.2, 0.25) is 0 Å². The Kier molecular flexibility index (Phi) is 2.82. The Morgan fingerprint density at radius 3 is 2.17 bits per heavy atom. The molecule has 4 saturated carbocycles. The van der Waals surface area contributed by atoms with E-state index in [0.29, 0.717) is 17.1 Å². The van der Waals surface area contributed by atoms with Gasteiger partial charge in [0.15, 0.2) is 8.32 Å². The van der Waals surface area contributed by atoms with Crippen LogP contribution in [0.5, 0.6) is 0 Å². The molecule has 130 valence electrons. The fraction of sp³-hybridized carbons (Fsp3) is 0.950. The average molecular weight is 335 g/mol. The molecule has 0 aromatic heterocycles. The number of carbonyl (C=O) groups is 1. The fourth-order valence-corrected chi connectivity index (χ4v) is 9.16. The predicted molar refractivity (Wildman–Crippen MR) is 95.9 cm³/mol. The minimum absolute atomic E-state index is 0.00538. The molecule has 0 saturated heterocycles. The van der Waals surface area contributed by atoms with E-state index < -0.39 is 8.32 Å². The number of carbonyl (C=O) groups excluding carboxylic acids is 1. The van der Waals surface area contributed by atoms with Gasteiger partial charge in [-0.2, -0.15) is 0 Å². The molecule has 0 aliphatic heterocycles. The van der Waals surface area contributed by atoms with E-state index in [0.717, 1.165) is 12.8 Å². The largest absolute Gasteiger partial charge is 0.411 e. The summed E-state index contributed by atoms with van der Waals surface area (Å²) >= 11 is 0. The van der Waals surface area contributed by atoms with Crippen LogP contribution in [0.15, 0.2) is 0 Å². The van der Waals surface area contributed by atoms with E-state index in [-0.39, 0.29) is 21.5 Å². The summed E-state index contributed by atoms with van der Waals surface area (Å²) in [5, 5.41) is 0.234. The molecule has 0 aromatic carbocycles. The lowest BCUT2D eigenvalue weighted by atomic mass is 9.40. The third-order valence-electron chi connectivity index (χ3n) is 9.17. The van der Waals surface area contributed by atoms with Crippen molar-refractivity contribution in [2.45, 2.75) is 96.9 Å². The van der Waals surface area contributed by atoms with Crippen LogP contribution in [0, 0.1) is 22.2 Å². The molecule has 4 rings (SSSR count). The van der Waals surface area contributed by atoms with E-state index in [1.165, 1.54) is 25.7 Å². The van der Waals surface area contributed by atoms with Crippen LogP contribution in [0.2, 0.25) is 18.1 Å². The molecule has 4 fully saturated rings. The van der Waals surface area contributed by atoms with Gasteiger partial charge in [-0.3, -0.25) is 4.79 Å². The van der Waals surface area contributed by atoms with Gasteiger partial charge >= 0.3 is 0 Å². The molecule has 3 heteroatoms. The highest BCUT2D eigenvalue weighted by Crippen LogP contribution is 2.88. The van der Waals surface area contributed by atoms with Crippen molar-refractivity contribution in [2.24, 2.45) is 22.2 Å². The Morgan fingerprint density at radius 1 is 1.04 bits per heavy atom. The number of hydrogen-bond donors (Lipinski definition) is 0. The van der Waals surface area contributed by atoms with Crippen molar-refractivity contribution >= 4 is 14.1 Å². The van der Waals surface area contributed by atoms with Crippen LogP contribution in [0.25, 0.3) is 0 Å². The van der Waals surface area contributed by atoms with Gasteiger partial charge in [-0.1, -0.05) is 34.6 Å². The first kappa shape index (κ1) is 16.3. The van der Waals surface area contributed by atoms with Gasteiger partial charge in [-0.15, -0.1) is 0 Å². The van der Waals surface area contributed by atoms with E-state index in [4.69, 9.17) is 4.43 Å². The summed E-state index contributed by atoms with van der Waals surface area (Å²) in [5.41, 5.74) is 0.687. The fourth-order valence-electron chi connectivity index (χ4n) is 7.51. The third-order valence-corrected chi connectivity index (χ3v) is 13.7. The second-order valence-electron chi connectivity index (χ2n) is 11.2. The molecule has 0 radical (unpaired) electrons.